The van der Waals surface area contributed by atoms with Crippen LogP contribution in [0.5, 0.6) is 0 Å². The molecule has 0 N–H and O–H groups in total. The molecule has 2 aromatic carbocycles. The number of fused-ring (bicyclic) bond motifs is 1. The summed E-state index contributed by atoms with van der Waals surface area (Å²) < 4.78 is 5.37. The zero-order valence-electron chi connectivity index (χ0n) is 15.5. The van der Waals surface area contributed by atoms with Crippen LogP contribution in [0.4, 0.5) is 5.69 Å². The van der Waals surface area contributed by atoms with Crippen LogP contribution in [0.3, 0.4) is 0 Å². The highest BCUT2D eigenvalue weighted by atomic mass is 79.9. The van der Waals surface area contributed by atoms with Crippen molar-refractivity contribution < 1.29 is 19.1 Å². The molecule has 1 saturated heterocycles. The number of imide groups is 1. The van der Waals surface area contributed by atoms with Crippen molar-refractivity contribution in [1.82, 2.24) is 0 Å². The third kappa shape index (κ3) is 4.03. The van der Waals surface area contributed by atoms with Crippen molar-refractivity contribution in [2.24, 2.45) is 11.8 Å². The molecule has 0 unspecified atom stereocenters. The summed E-state index contributed by atoms with van der Waals surface area (Å²) in [5.74, 6) is -1.53. The largest absolute Gasteiger partial charge is 0.457 e. The lowest BCUT2D eigenvalue weighted by Crippen LogP contribution is -2.34. The number of amides is 2. The number of benzene rings is 2. The molecular weight excluding hydrogens is 502 g/mol. The molecule has 2 aliphatic rings. The Bertz CT molecular complexity index is 921. The minimum Gasteiger partial charge on any atom is -0.457 e. The average molecular weight is 521 g/mol. The third-order valence-corrected chi connectivity index (χ3v) is 8.20. The number of hydrogen-bond acceptors (Lipinski definition) is 4. The zero-order valence-corrected chi connectivity index (χ0v) is 18.6. The quantitative estimate of drug-likeness (QED) is 0.339. The maximum atomic E-state index is 12.9. The second-order valence-electron chi connectivity index (χ2n) is 7.34. The fourth-order valence-corrected chi connectivity index (χ4v) is 5.17. The highest BCUT2D eigenvalue weighted by molar-refractivity contribution is 9.12. The molecule has 1 heterocycles. The van der Waals surface area contributed by atoms with Crippen molar-refractivity contribution in [2.45, 2.75) is 29.1 Å². The summed E-state index contributed by atoms with van der Waals surface area (Å²) in [5.41, 5.74) is 1.62. The van der Waals surface area contributed by atoms with E-state index in [1.807, 2.05) is 30.3 Å². The Hall–Kier alpha value is -1.99. The molecule has 2 fully saturated rings. The molecule has 150 valence electrons. The third-order valence-electron chi connectivity index (χ3n) is 5.46. The molecule has 0 bridgehead atoms. The minimum atomic E-state index is -0.492. The average Bonchev–Trinajstić information content (AvgIpc) is 2.97. The summed E-state index contributed by atoms with van der Waals surface area (Å²) in [6.45, 7) is 0.162. The minimum absolute atomic E-state index is 0.153. The van der Waals surface area contributed by atoms with Crippen molar-refractivity contribution in [3.05, 3.63) is 65.7 Å². The second-order valence-corrected chi connectivity index (χ2v) is 9.69. The summed E-state index contributed by atoms with van der Waals surface area (Å²) in [6, 6.07) is 15.9. The summed E-state index contributed by atoms with van der Waals surface area (Å²) in [4.78, 5) is 39.9. The van der Waals surface area contributed by atoms with Gasteiger partial charge in [-0.25, -0.2) is 4.79 Å². The van der Waals surface area contributed by atoms with E-state index in [0.29, 0.717) is 24.1 Å². The Morgan fingerprint density at radius 1 is 0.931 bits per heavy atom. The molecular formula is C22H19Br2NO4. The zero-order chi connectivity index (χ0) is 20.5. The Morgan fingerprint density at radius 3 is 2.17 bits per heavy atom. The molecule has 1 saturated carbocycles. The maximum absolute atomic E-state index is 12.9. The molecule has 1 aliphatic heterocycles. The van der Waals surface area contributed by atoms with Crippen LogP contribution in [0, 0.1) is 11.8 Å². The number of carbonyl (C=O) groups is 3. The summed E-state index contributed by atoms with van der Waals surface area (Å²) in [7, 11) is 0. The maximum Gasteiger partial charge on any atom is 0.338 e. The van der Waals surface area contributed by atoms with Crippen LogP contribution >= 0.6 is 31.9 Å². The number of ether oxygens (including phenoxy) is 1. The lowest BCUT2D eigenvalue weighted by atomic mass is 9.81. The van der Waals surface area contributed by atoms with Gasteiger partial charge >= 0.3 is 5.97 Å². The molecule has 1 aliphatic carbocycles. The molecule has 4 atom stereocenters. The first-order chi connectivity index (χ1) is 14.0. The highest BCUT2D eigenvalue weighted by Crippen LogP contribution is 2.44. The fourth-order valence-electron chi connectivity index (χ4n) is 3.93. The number of anilines is 1. The van der Waals surface area contributed by atoms with Crippen LogP contribution in [-0.2, 0) is 20.9 Å². The number of hydrogen-bond donors (Lipinski definition) is 0. The van der Waals surface area contributed by atoms with Gasteiger partial charge in [0.2, 0.25) is 11.8 Å². The molecule has 0 aromatic heterocycles. The number of rotatable bonds is 4. The van der Waals surface area contributed by atoms with Gasteiger partial charge in [-0.05, 0) is 36.6 Å². The predicted molar refractivity (Wildman–Crippen MR) is 116 cm³/mol. The van der Waals surface area contributed by atoms with E-state index in [1.165, 1.54) is 4.90 Å². The van der Waals surface area contributed by atoms with Crippen LogP contribution in [0.1, 0.15) is 28.8 Å². The Kier molecular flexibility index (Phi) is 5.88. The summed E-state index contributed by atoms with van der Waals surface area (Å²) in [6.07, 6.45) is 1.22. The van der Waals surface area contributed by atoms with Gasteiger partial charge in [-0.2, -0.15) is 0 Å². The van der Waals surface area contributed by atoms with E-state index in [4.69, 9.17) is 4.74 Å². The first-order valence-electron chi connectivity index (χ1n) is 9.43. The van der Waals surface area contributed by atoms with Gasteiger partial charge in [0.05, 0.1) is 23.1 Å². The van der Waals surface area contributed by atoms with Crippen molar-refractivity contribution in [2.75, 3.05) is 4.90 Å². The molecule has 2 amide bonds. The molecule has 4 rings (SSSR count). The van der Waals surface area contributed by atoms with Crippen molar-refractivity contribution in [1.29, 1.82) is 0 Å². The van der Waals surface area contributed by atoms with Gasteiger partial charge in [-0.1, -0.05) is 68.3 Å². The fraction of sp³-hybridized carbons (Fsp3) is 0.318. The number of carbonyl (C=O) groups excluding carboxylic acids is 3. The lowest BCUT2D eigenvalue weighted by molar-refractivity contribution is -0.122. The molecule has 7 heteroatoms. The van der Waals surface area contributed by atoms with E-state index >= 15 is 0 Å². The highest BCUT2D eigenvalue weighted by Gasteiger charge is 2.52. The van der Waals surface area contributed by atoms with Gasteiger partial charge in [0, 0.05) is 9.65 Å². The van der Waals surface area contributed by atoms with Crippen LogP contribution in [0.15, 0.2) is 54.6 Å². The van der Waals surface area contributed by atoms with Gasteiger partial charge in [0.1, 0.15) is 6.61 Å². The number of alkyl halides is 2. The van der Waals surface area contributed by atoms with Crippen LogP contribution in [-0.4, -0.2) is 27.4 Å². The standard InChI is InChI=1S/C22H19Br2NO4/c23-18-10-16-17(11-19(18)24)21(27)25(20(16)26)15-8-4-7-14(9-15)22(28)29-12-13-5-2-1-3-6-13/h1-9,16-19H,10-12H2/t16-,17-,18+,19+/m0/s1. The molecule has 5 nitrogen and oxygen atoms in total. The van der Waals surface area contributed by atoms with E-state index in [1.54, 1.807) is 24.3 Å². The van der Waals surface area contributed by atoms with Crippen molar-refractivity contribution in [3.63, 3.8) is 0 Å². The normalized spacial score (nSPS) is 26.3. The van der Waals surface area contributed by atoms with Crippen molar-refractivity contribution in [3.8, 4) is 0 Å². The van der Waals surface area contributed by atoms with E-state index in [2.05, 4.69) is 31.9 Å². The molecule has 0 spiro atoms. The summed E-state index contributed by atoms with van der Waals surface area (Å²) in [5, 5.41) is 0. The molecule has 29 heavy (non-hydrogen) atoms. The number of nitrogens with zero attached hydrogens (tertiary/aromatic N) is 1. The smallest absolute Gasteiger partial charge is 0.338 e. The van der Waals surface area contributed by atoms with Crippen LogP contribution in [0.2, 0.25) is 0 Å². The summed E-state index contributed by atoms with van der Waals surface area (Å²) >= 11 is 7.18. The van der Waals surface area contributed by atoms with E-state index < -0.39 is 5.97 Å². The van der Waals surface area contributed by atoms with Crippen LogP contribution < -0.4 is 4.90 Å². The lowest BCUT2D eigenvalue weighted by Gasteiger charge is -2.29. The van der Waals surface area contributed by atoms with Gasteiger partial charge < -0.3 is 4.74 Å². The number of esters is 1. The van der Waals surface area contributed by atoms with E-state index in [0.717, 1.165) is 5.56 Å². The monoisotopic (exact) mass is 519 g/mol. The SMILES string of the molecule is O=C(OCc1ccccc1)c1cccc(N2C(=O)[C@H]3C[C@@H](Br)[C@H](Br)C[C@@H]3C2=O)c1. The van der Waals surface area contributed by atoms with Gasteiger partial charge in [0.15, 0.2) is 0 Å². The Labute approximate surface area is 185 Å². The van der Waals surface area contributed by atoms with Crippen LogP contribution in [0.25, 0.3) is 0 Å². The number of halogens is 2. The first kappa shape index (κ1) is 20.3. The van der Waals surface area contributed by atoms with Gasteiger partial charge in [0.25, 0.3) is 0 Å². The van der Waals surface area contributed by atoms with Crippen molar-refractivity contribution >= 4 is 55.3 Å². The van der Waals surface area contributed by atoms with Gasteiger partial charge in [-0.15, -0.1) is 0 Å². The Morgan fingerprint density at radius 2 is 1.55 bits per heavy atom. The second kappa shape index (κ2) is 8.40. The first-order valence-corrected chi connectivity index (χ1v) is 11.3. The van der Waals surface area contributed by atoms with Gasteiger partial charge in [-0.3, -0.25) is 14.5 Å². The van der Waals surface area contributed by atoms with E-state index in [-0.39, 0.29) is 39.9 Å². The van der Waals surface area contributed by atoms with E-state index in [9.17, 15) is 14.4 Å². The predicted octanol–water partition coefficient (Wildman–Crippen LogP) is 4.47. The molecule has 2 aromatic rings. The topological polar surface area (TPSA) is 63.7 Å². The Balaban J connectivity index is 1.52. The molecule has 0 radical (unpaired) electrons.